The van der Waals surface area contributed by atoms with Crippen LogP contribution in [-0.4, -0.2) is 41.5 Å². The van der Waals surface area contributed by atoms with E-state index in [4.69, 9.17) is 4.52 Å². The zero-order valence-corrected chi connectivity index (χ0v) is 13.5. The number of nitrogens with one attached hydrogen (secondary N) is 1. The van der Waals surface area contributed by atoms with Crippen LogP contribution < -0.4 is 5.32 Å². The van der Waals surface area contributed by atoms with E-state index in [-0.39, 0.29) is 18.1 Å². The molecule has 2 heterocycles. The summed E-state index contributed by atoms with van der Waals surface area (Å²) in [5.41, 5.74) is 1.03. The Labute approximate surface area is 140 Å². The molecule has 2 aromatic rings. The number of carbonyl (C=O) groups excluding carboxylic acids is 2. The lowest BCUT2D eigenvalue weighted by molar-refractivity contribution is -0.130. The molecule has 1 aromatic carbocycles. The van der Waals surface area contributed by atoms with Crippen LogP contribution in [0.3, 0.4) is 0 Å². The van der Waals surface area contributed by atoms with E-state index < -0.39 is 5.91 Å². The van der Waals surface area contributed by atoms with Crippen molar-refractivity contribution in [2.24, 2.45) is 0 Å². The molecule has 0 radical (unpaired) electrons. The molecule has 0 spiro atoms. The number of aromatic nitrogens is 1. The lowest BCUT2D eigenvalue weighted by Crippen LogP contribution is -2.40. The lowest BCUT2D eigenvalue weighted by Gasteiger charge is -2.20. The predicted octanol–water partition coefficient (Wildman–Crippen LogP) is 2.47. The third-order valence-electron chi connectivity index (χ3n) is 4.16. The van der Waals surface area contributed by atoms with Gasteiger partial charge in [0, 0.05) is 24.7 Å². The fourth-order valence-corrected chi connectivity index (χ4v) is 2.80. The molecule has 1 aliphatic rings. The number of amides is 2. The summed E-state index contributed by atoms with van der Waals surface area (Å²) in [5, 5.41) is 6.41. The van der Waals surface area contributed by atoms with Crippen molar-refractivity contribution >= 4 is 11.8 Å². The number of rotatable bonds is 4. The molecule has 6 nitrogen and oxygen atoms in total. The number of benzene rings is 1. The van der Waals surface area contributed by atoms with Crippen LogP contribution in [0.5, 0.6) is 0 Å². The van der Waals surface area contributed by atoms with Crippen molar-refractivity contribution in [1.29, 1.82) is 0 Å². The first-order valence-corrected chi connectivity index (χ1v) is 8.32. The molecule has 0 atom stereocenters. The minimum Gasteiger partial charge on any atom is -0.355 e. The molecule has 3 rings (SSSR count). The predicted molar refractivity (Wildman–Crippen MR) is 89.3 cm³/mol. The third kappa shape index (κ3) is 4.01. The highest BCUT2D eigenvalue weighted by molar-refractivity contribution is 5.95. The highest BCUT2D eigenvalue weighted by atomic mass is 16.5. The van der Waals surface area contributed by atoms with E-state index in [0.29, 0.717) is 5.76 Å². The molecule has 1 aromatic heterocycles. The molecule has 6 heteroatoms. The molecule has 0 saturated carbocycles. The summed E-state index contributed by atoms with van der Waals surface area (Å²) in [7, 11) is 0. The average Bonchev–Trinajstić information content (AvgIpc) is 2.96. The number of hydrogen-bond acceptors (Lipinski definition) is 4. The first-order chi connectivity index (χ1) is 11.7. The number of hydrogen-bond donors (Lipinski definition) is 1. The molecule has 2 amide bonds. The van der Waals surface area contributed by atoms with Gasteiger partial charge in [0.15, 0.2) is 11.5 Å². The zero-order valence-electron chi connectivity index (χ0n) is 13.5. The average molecular weight is 327 g/mol. The van der Waals surface area contributed by atoms with Crippen LogP contribution in [0.4, 0.5) is 0 Å². The molecular formula is C18H21N3O3. The summed E-state index contributed by atoms with van der Waals surface area (Å²) < 4.78 is 5.21. The fourth-order valence-electron chi connectivity index (χ4n) is 2.80. The molecule has 0 bridgehead atoms. The Morgan fingerprint density at radius 3 is 2.50 bits per heavy atom. The third-order valence-corrected chi connectivity index (χ3v) is 4.16. The second-order valence-corrected chi connectivity index (χ2v) is 5.92. The van der Waals surface area contributed by atoms with Crippen LogP contribution >= 0.6 is 0 Å². The number of carbonyl (C=O) groups is 2. The molecule has 1 aliphatic heterocycles. The first kappa shape index (κ1) is 16.2. The second kappa shape index (κ2) is 7.77. The Morgan fingerprint density at radius 1 is 1.08 bits per heavy atom. The van der Waals surface area contributed by atoms with Gasteiger partial charge in [-0.25, -0.2) is 0 Å². The van der Waals surface area contributed by atoms with E-state index in [9.17, 15) is 9.59 Å². The molecule has 1 N–H and O–H groups in total. The monoisotopic (exact) mass is 327 g/mol. The van der Waals surface area contributed by atoms with E-state index in [2.05, 4.69) is 10.5 Å². The van der Waals surface area contributed by atoms with Gasteiger partial charge in [0.2, 0.25) is 5.91 Å². The maximum Gasteiger partial charge on any atom is 0.273 e. The van der Waals surface area contributed by atoms with Gasteiger partial charge in [-0.1, -0.05) is 48.3 Å². The van der Waals surface area contributed by atoms with Crippen LogP contribution in [0, 0.1) is 0 Å². The molecule has 1 saturated heterocycles. The summed E-state index contributed by atoms with van der Waals surface area (Å²) in [5.74, 6) is 0.0840. The van der Waals surface area contributed by atoms with Gasteiger partial charge in [-0.2, -0.15) is 0 Å². The number of likely N-dealkylation sites (tertiary alicyclic amines) is 1. The Morgan fingerprint density at radius 2 is 1.79 bits per heavy atom. The van der Waals surface area contributed by atoms with Crippen molar-refractivity contribution < 1.29 is 14.1 Å². The smallest absolute Gasteiger partial charge is 0.273 e. The summed E-state index contributed by atoms with van der Waals surface area (Å²) in [6.45, 7) is 1.54. The molecule has 0 aliphatic carbocycles. The molecule has 24 heavy (non-hydrogen) atoms. The van der Waals surface area contributed by atoms with Crippen LogP contribution in [0.15, 0.2) is 40.9 Å². The van der Waals surface area contributed by atoms with E-state index in [1.54, 1.807) is 6.07 Å². The van der Waals surface area contributed by atoms with Gasteiger partial charge in [0.25, 0.3) is 5.91 Å². The van der Waals surface area contributed by atoms with Crippen LogP contribution in [0.25, 0.3) is 11.3 Å². The quantitative estimate of drug-likeness (QED) is 0.936. The second-order valence-electron chi connectivity index (χ2n) is 5.92. The minimum absolute atomic E-state index is 0.00758. The Kier molecular flexibility index (Phi) is 5.25. The molecule has 0 unspecified atom stereocenters. The van der Waals surface area contributed by atoms with Crippen LogP contribution in [0.2, 0.25) is 0 Å². The Bertz CT molecular complexity index is 689. The molecular weight excluding hydrogens is 306 g/mol. The van der Waals surface area contributed by atoms with Gasteiger partial charge in [0.05, 0.1) is 6.54 Å². The highest BCUT2D eigenvalue weighted by Gasteiger charge is 2.18. The number of nitrogens with zero attached hydrogens (tertiary/aromatic N) is 2. The van der Waals surface area contributed by atoms with Gasteiger partial charge in [0.1, 0.15) is 0 Å². The normalized spacial score (nSPS) is 14.9. The van der Waals surface area contributed by atoms with E-state index in [0.717, 1.165) is 44.3 Å². The molecule has 1 fully saturated rings. The standard InChI is InChI=1S/C18H21N3O3/c22-17(21-10-6-1-2-7-11-21)13-19-18(23)15-12-16(24-20-15)14-8-4-3-5-9-14/h3-5,8-9,12H,1-2,6-7,10-11,13H2,(H,19,23). The van der Waals surface area contributed by atoms with Gasteiger partial charge in [-0.05, 0) is 12.8 Å². The summed E-state index contributed by atoms with van der Waals surface area (Å²) >= 11 is 0. The van der Waals surface area contributed by atoms with Crippen molar-refractivity contribution in [2.75, 3.05) is 19.6 Å². The van der Waals surface area contributed by atoms with Crippen LogP contribution in [-0.2, 0) is 4.79 Å². The maximum absolute atomic E-state index is 12.2. The SMILES string of the molecule is O=C(NCC(=O)N1CCCCCC1)c1cc(-c2ccccc2)on1. The summed E-state index contributed by atoms with van der Waals surface area (Å²) in [4.78, 5) is 26.1. The fraction of sp³-hybridized carbons (Fsp3) is 0.389. The van der Waals surface area contributed by atoms with Crippen molar-refractivity contribution in [3.05, 3.63) is 42.1 Å². The van der Waals surface area contributed by atoms with Crippen LogP contribution in [0.1, 0.15) is 36.2 Å². The molecule has 126 valence electrons. The van der Waals surface area contributed by atoms with Gasteiger partial charge in [-0.3, -0.25) is 9.59 Å². The van der Waals surface area contributed by atoms with Crippen molar-refractivity contribution in [2.45, 2.75) is 25.7 Å². The summed E-state index contributed by atoms with van der Waals surface area (Å²) in [6.07, 6.45) is 4.39. The lowest BCUT2D eigenvalue weighted by atomic mass is 10.1. The summed E-state index contributed by atoms with van der Waals surface area (Å²) in [6, 6.07) is 11.0. The van der Waals surface area contributed by atoms with E-state index >= 15 is 0 Å². The van der Waals surface area contributed by atoms with Crippen molar-refractivity contribution in [3.63, 3.8) is 0 Å². The van der Waals surface area contributed by atoms with Crippen molar-refractivity contribution in [3.8, 4) is 11.3 Å². The van der Waals surface area contributed by atoms with Gasteiger partial charge >= 0.3 is 0 Å². The Balaban J connectivity index is 1.55. The van der Waals surface area contributed by atoms with E-state index in [1.807, 2.05) is 35.2 Å². The van der Waals surface area contributed by atoms with Gasteiger partial charge in [-0.15, -0.1) is 0 Å². The largest absolute Gasteiger partial charge is 0.355 e. The highest BCUT2D eigenvalue weighted by Crippen LogP contribution is 2.19. The topological polar surface area (TPSA) is 75.4 Å². The minimum atomic E-state index is -0.399. The zero-order chi connectivity index (χ0) is 16.8. The van der Waals surface area contributed by atoms with E-state index in [1.165, 1.54) is 0 Å². The van der Waals surface area contributed by atoms with Gasteiger partial charge < -0.3 is 14.7 Å². The maximum atomic E-state index is 12.2. The van der Waals surface area contributed by atoms with Crippen molar-refractivity contribution in [1.82, 2.24) is 15.4 Å². The first-order valence-electron chi connectivity index (χ1n) is 8.32. The Hall–Kier alpha value is -2.63.